The lowest BCUT2D eigenvalue weighted by atomic mass is 10.1. The highest BCUT2D eigenvalue weighted by Crippen LogP contribution is 2.36. The molecule has 0 saturated carbocycles. The Bertz CT molecular complexity index is 1220. The number of nitrogens with zero attached hydrogens (tertiary/aromatic N) is 3. The van der Waals surface area contributed by atoms with Gasteiger partial charge in [-0.15, -0.1) is 0 Å². The van der Waals surface area contributed by atoms with Crippen molar-refractivity contribution in [1.82, 2.24) is 4.90 Å². The van der Waals surface area contributed by atoms with E-state index in [0.29, 0.717) is 44.7 Å². The standard InChI is InChI=1S/C22H19ClF6N4O4/c1-10(22(27,28)29)37-17-8-16(33-21(35)32-3-2-4-36-9-18(32)31-33)14(25)7-12(17)20(34)30-19-13(23)5-11(24)6-15(19)26/h5-8,10,21,35H,2-4,9H2,1H3,(H,30,34)/t10-,21?/m0/s1. The number of benzene rings is 2. The van der Waals surface area contributed by atoms with E-state index in [1.165, 1.54) is 4.90 Å². The van der Waals surface area contributed by atoms with Gasteiger partial charge in [0.15, 0.2) is 17.8 Å². The average Bonchev–Trinajstić information content (AvgIpc) is 2.96. The van der Waals surface area contributed by atoms with E-state index in [4.69, 9.17) is 21.1 Å². The Kier molecular flexibility index (Phi) is 7.44. The van der Waals surface area contributed by atoms with Crippen molar-refractivity contribution >= 4 is 34.7 Å². The molecule has 2 aromatic carbocycles. The molecule has 1 amide bonds. The normalized spacial score (nSPS) is 18.7. The highest BCUT2D eigenvalue weighted by molar-refractivity contribution is 6.34. The predicted octanol–water partition coefficient (Wildman–Crippen LogP) is 4.47. The summed E-state index contributed by atoms with van der Waals surface area (Å²) in [6.07, 6.45) is -8.28. The van der Waals surface area contributed by atoms with Crippen molar-refractivity contribution < 1.29 is 45.7 Å². The van der Waals surface area contributed by atoms with Crippen LogP contribution in [0.1, 0.15) is 23.7 Å². The van der Waals surface area contributed by atoms with E-state index in [-0.39, 0.29) is 12.4 Å². The highest BCUT2D eigenvalue weighted by Gasteiger charge is 2.40. The second-order valence-corrected chi connectivity index (χ2v) is 8.51. The maximum Gasteiger partial charge on any atom is 0.425 e. The number of anilines is 2. The molecule has 0 aromatic heterocycles. The molecule has 1 fully saturated rings. The summed E-state index contributed by atoms with van der Waals surface area (Å²) in [5.74, 6) is -5.25. The van der Waals surface area contributed by atoms with Gasteiger partial charge in [-0.2, -0.15) is 18.3 Å². The summed E-state index contributed by atoms with van der Waals surface area (Å²) in [6, 6.07) is 2.42. The monoisotopic (exact) mass is 552 g/mol. The van der Waals surface area contributed by atoms with Crippen molar-refractivity contribution in [3.63, 3.8) is 0 Å². The van der Waals surface area contributed by atoms with E-state index >= 15 is 4.39 Å². The number of carbonyl (C=O) groups excluding carboxylic acids is 1. The number of amidine groups is 1. The number of aliphatic hydroxyl groups is 1. The molecule has 2 aliphatic rings. The lowest BCUT2D eigenvalue weighted by Gasteiger charge is -2.27. The molecule has 2 N–H and O–H groups in total. The van der Waals surface area contributed by atoms with Crippen molar-refractivity contribution in [3.8, 4) is 5.75 Å². The number of aliphatic hydroxyl groups excluding tert-OH is 1. The van der Waals surface area contributed by atoms with Gasteiger partial charge in [-0.05, 0) is 25.5 Å². The van der Waals surface area contributed by atoms with Gasteiger partial charge in [0.25, 0.3) is 5.91 Å². The maximum atomic E-state index is 15.2. The van der Waals surface area contributed by atoms with Gasteiger partial charge >= 0.3 is 6.18 Å². The first-order valence-electron chi connectivity index (χ1n) is 10.8. The predicted molar refractivity (Wildman–Crippen MR) is 120 cm³/mol. The smallest absolute Gasteiger partial charge is 0.425 e. The number of hydrogen-bond acceptors (Lipinski definition) is 7. The van der Waals surface area contributed by atoms with Crippen LogP contribution >= 0.6 is 11.6 Å². The lowest BCUT2D eigenvalue weighted by molar-refractivity contribution is -0.189. The Morgan fingerprint density at radius 3 is 2.65 bits per heavy atom. The first kappa shape index (κ1) is 26.8. The Morgan fingerprint density at radius 2 is 1.97 bits per heavy atom. The Hall–Kier alpha value is -3.23. The summed E-state index contributed by atoms with van der Waals surface area (Å²) >= 11 is 5.77. The molecule has 0 radical (unpaired) electrons. The third-order valence-corrected chi connectivity index (χ3v) is 5.82. The molecule has 4 rings (SSSR count). The van der Waals surface area contributed by atoms with Crippen LogP contribution in [0.2, 0.25) is 5.02 Å². The molecule has 2 heterocycles. The van der Waals surface area contributed by atoms with Gasteiger partial charge in [0.1, 0.15) is 29.7 Å². The molecule has 2 atom stereocenters. The number of amides is 1. The third-order valence-electron chi connectivity index (χ3n) is 5.52. The Morgan fingerprint density at radius 1 is 1.24 bits per heavy atom. The van der Waals surface area contributed by atoms with Crippen LogP contribution in [0.4, 0.5) is 37.7 Å². The van der Waals surface area contributed by atoms with Crippen LogP contribution in [0.15, 0.2) is 29.4 Å². The van der Waals surface area contributed by atoms with Crippen LogP contribution in [-0.4, -0.2) is 60.1 Å². The number of rotatable bonds is 5. The van der Waals surface area contributed by atoms with Crippen LogP contribution in [-0.2, 0) is 4.74 Å². The van der Waals surface area contributed by atoms with Crippen LogP contribution in [0.3, 0.4) is 0 Å². The van der Waals surface area contributed by atoms with Crippen molar-refractivity contribution in [2.24, 2.45) is 5.10 Å². The lowest BCUT2D eigenvalue weighted by Crippen LogP contribution is -2.43. The van der Waals surface area contributed by atoms with Gasteiger partial charge in [0.2, 0.25) is 6.35 Å². The number of ether oxygens (including phenoxy) is 2. The molecule has 0 aliphatic carbocycles. The molecular formula is C22H19ClF6N4O4. The average molecular weight is 553 g/mol. The van der Waals surface area contributed by atoms with Gasteiger partial charge in [-0.3, -0.25) is 4.79 Å². The quantitative estimate of drug-likeness (QED) is 0.533. The second-order valence-electron chi connectivity index (χ2n) is 8.11. The van der Waals surface area contributed by atoms with E-state index < -0.39 is 69.7 Å². The molecule has 15 heteroatoms. The molecule has 1 unspecified atom stereocenters. The van der Waals surface area contributed by atoms with E-state index in [2.05, 4.69) is 5.10 Å². The zero-order valence-corrected chi connectivity index (χ0v) is 19.7. The number of alkyl halides is 3. The molecule has 8 nitrogen and oxygen atoms in total. The molecule has 0 bridgehead atoms. The summed E-state index contributed by atoms with van der Waals surface area (Å²) in [6.45, 7) is 1.39. The summed E-state index contributed by atoms with van der Waals surface area (Å²) < 4.78 is 92.7. The van der Waals surface area contributed by atoms with Crippen LogP contribution in [0, 0.1) is 17.5 Å². The van der Waals surface area contributed by atoms with Gasteiger partial charge in [-0.1, -0.05) is 11.6 Å². The van der Waals surface area contributed by atoms with Crippen LogP contribution in [0.5, 0.6) is 5.75 Å². The molecule has 1 saturated heterocycles. The zero-order valence-electron chi connectivity index (χ0n) is 19.0. The largest absolute Gasteiger partial charge is 0.480 e. The van der Waals surface area contributed by atoms with Crippen LogP contribution < -0.4 is 15.1 Å². The highest BCUT2D eigenvalue weighted by atomic mass is 35.5. The van der Waals surface area contributed by atoms with Gasteiger partial charge in [-0.25, -0.2) is 18.2 Å². The summed E-state index contributed by atoms with van der Waals surface area (Å²) in [5, 5.41) is 17.0. The van der Waals surface area contributed by atoms with Crippen molar-refractivity contribution in [2.45, 2.75) is 32.0 Å². The fourth-order valence-electron chi connectivity index (χ4n) is 3.63. The molecule has 200 valence electrons. The van der Waals surface area contributed by atoms with Gasteiger partial charge in [0, 0.05) is 25.3 Å². The number of hydrazone groups is 1. The Labute approximate surface area is 211 Å². The number of nitrogens with one attached hydrogen (secondary N) is 1. The van der Waals surface area contributed by atoms with Crippen molar-refractivity contribution in [1.29, 1.82) is 0 Å². The molecule has 37 heavy (non-hydrogen) atoms. The molecule has 0 spiro atoms. The number of halogens is 7. The fourth-order valence-corrected chi connectivity index (χ4v) is 3.87. The fraction of sp³-hybridized carbons (Fsp3) is 0.364. The first-order valence-corrected chi connectivity index (χ1v) is 11.2. The molecule has 2 aromatic rings. The summed E-state index contributed by atoms with van der Waals surface area (Å²) in [5.41, 5.74) is -1.93. The minimum absolute atomic E-state index is 0.00806. The van der Waals surface area contributed by atoms with Crippen LogP contribution in [0.25, 0.3) is 0 Å². The van der Waals surface area contributed by atoms with E-state index in [0.717, 1.165) is 11.1 Å². The van der Waals surface area contributed by atoms with E-state index in [9.17, 15) is 31.9 Å². The van der Waals surface area contributed by atoms with Crippen molar-refractivity contribution in [2.75, 3.05) is 30.1 Å². The topological polar surface area (TPSA) is 86.6 Å². The zero-order chi connectivity index (χ0) is 27.1. The Balaban J connectivity index is 1.74. The minimum atomic E-state index is -4.86. The third kappa shape index (κ3) is 5.55. The number of fused-ring (bicyclic) bond motifs is 1. The van der Waals surface area contributed by atoms with Gasteiger partial charge in [0.05, 0.1) is 16.3 Å². The molecular weight excluding hydrogens is 534 g/mol. The summed E-state index contributed by atoms with van der Waals surface area (Å²) in [7, 11) is 0. The van der Waals surface area contributed by atoms with E-state index in [1.54, 1.807) is 0 Å². The second kappa shape index (κ2) is 10.3. The SMILES string of the molecule is C[C@H](Oc1cc(N2N=C3COCCCN3C2O)c(F)cc1C(=O)Nc1c(F)cc(F)cc1Cl)C(F)(F)F. The minimum Gasteiger partial charge on any atom is -0.480 e. The van der Waals surface area contributed by atoms with Gasteiger partial charge < -0.3 is 24.8 Å². The van der Waals surface area contributed by atoms with E-state index in [1.807, 2.05) is 5.32 Å². The number of carbonyl (C=O) groups is 1. The maximum absolute atomic E-state index is 15.2. The molecule has 2 aliphatic heterocycles. The van der Waals surface area contributed by atoms with Crippen molar-refractivity contribution in [3.05, 3.63) is 52.3 Å². The summed E-state index contributed by atoms with van der Waals surface area (Å²) in [4.78, 5) is 14.3. The number of hydrogen-bond donors (Lipinski definition) is 2. The first-order chi connectivity index (χ1) is 17.4.